The zero-order valence-corrected chi connectivity index (χ0v) is 14.6. The minimum atomic E-state index is -3.76. The second-order valence-corrected chi connectivity index (χ2v) is 7.44. The molecule has 2 N–H and O–H groups in total. The van der Waals surface area contributed by atoms with Gasteiger partial charge in [-0.05, 0) is 42.5 Å². The molecule has 2 rings (SSSR count). The van der Waals surface area contributed by atoms with E-state index in [0.717, 1.165) is 4.47 Å². The predicted molar refractivity (Wildman–Crippen MR) is 90.7 cm³/mol. The van der Waals surface area contributed by atoms with Crippen LogP contribution in [0.25, 0.3) is 0 Å². The van der Waals surface area contributed by atoms with E-state index in [1.165, 1.54) is 31.2 Å². The summed E-state index contributed by atoms with van der Waals surface area (Å²) in [6.07, 6.45) is 0. The zero-order chi connectivity index (χ0) is 16.3. The first-order chi connectivity index (χ1) is 10.3. The number of hydrogen-bond donors (Lipinski definition) is 2. The lowest BCUT2D eigenvalue weighted by Crippen LogP contribution is -2.13. The highest BCUT2D eigenvalue weighted by Gasteiger charge is 2.15. The van der Waals surface area contributed by atoms with Crippen LogP contribution in [0.5, 0.6) is 0 Å². The summed E-state index contributed by atoms with van der Waals surface area (Å²) >= 11 is 9.25. The molecule has 2 aromatic rings. The second kappa shape index (κ2) is 6.68. The number of hydrogen-bond acceptors (Lipinski definition) is 3. The van der Waals surface area contributed by atoms with Gasteiger partial charge in [-0.1, -0.05) is 27.5 Å². The lowest BCUT2D eigenvalue weighted by atomic mass is 10.3. The summed E-state index contributed by atoms with van der Waals surface area (Å²) < 4.78 is 27.8. The first-order valence-electron chi connectivity index (χ1n) is 6.13. The molecule has 8 heteroatoms. The molecule has 0 bridgehead atoms. The molecular weight excluding hydrogens is 392 g/mol. The van der Waals surface area contributed by atoms with E-state index in [9.17, 15) is 13.2 Å². The average Bonchev–Trinajstić information content (AvgIpc) is 2.42. The Morgan fingerprint density at radius 3 is 2.32 bits per heavy atom. The molecule has 1 amide bonds. The van der Waals surface area contributed by atoms with E-state index in [4.69, 9.17) is 11.6 Å². The van der Waals surface area contributed by atoms with Gasteiger partial charge in [-0.3, -0.25) is 9.52 Å². The van der Waals surface area contributed by atoms with E-state index in [-0.39, 0.29) is 21.5 Å². The normalized spacial score (nSPS) is 11.0. The Morgan fingerprint density at radius 2 is 1.77 bits per heavy atom. The summed E-state index contributed by atoms with van der Waals surface area (Å²) in [5.41, 5.74) is 0.809. The Bertz CT molecular complexity index is 807. The summed E-state index contributed by atoms with van der Waals surface area (Å²) in [7, 11) is -3.76. The minimum absolute atomic E-state index is 0.0700. The molecule has 0 atom stereocenters. The van der Waals surface area contributed by atoms with Crippen molar-refractivity contribution in [1.29, 1.82) is 0 Å². The van der Waals surface area contributed by atoms with E-state index in [2.05, 4.69) is 26.0 Å². The van der Waals surface area contributed by atoms with Gasteiger partial charge in [-0.2, -0.15) is 0 Å². The third kappa shape index (κ3) is 4.22. The van der Waals surface area contributed by atoms with E-state index >= 15 is 0 Å². The van der Waals surface area contributed by atoms with Crippen LogP contribution in [0.15, 0.2) is 51.8 Å². The third-order valence-corrected chi connectivity index (χ3v) is 4.85. The molecule has 5 nitrogen and oxygen atoms in total. The predicted octanol–water partition coefficient (Wildman–Crippen LogP) is 3.86. The zero-order valence-electron chi connectivity index (χ0n) is 11.4. The van der Waals surface area contributed by atoms with Crippen LogP contribution in [0.4, 0.5) is 11.4 Å². The van der Waals surface area contributed by atoms with Gasteiger partial charge >= 0.3 is 0 Å². The SMILES string of the molecule is CC(=O)Nc1ccc(S(=O)(=O)Nc2ccc(Br)cc2Cl)cc1. The molecule has 2 aromatic carbocycles. The smallest absolute Gasteiger partial charge is 0.261 e. The van der Waals surface area contributed by atoms with Crippen LogP contribution in [0.2, 0.25) is 5.02 Å². The van der Waals surface area contributed by atoms with Crippen LogP contribution in [0.1, 0.15) is 6.92 Å². The van der Waals surface area contributed by atoms with Crippen LogP contribution in [-0.2, 0) is 14.8 Å². The number of nitrogens with one attached hydrogen (secondary N) is 2. The fourth-order valence-electron chi connectivity index (χ4n) is 1.70. The highest BCUT2D eigenvalue weighted by molar-refractivity contribution is 9.10. The summed E-state index contributed by atoms with van der Waals surface area (Å²) in [5, 5.41) is 2.85. The first-order valence-corrected chi connectivity index (χ1v) is 8.79. The Kier molecular flexibility index (Phi) is 5.10. The lowest BCUT2D eigenvalue weighted by Gasteiger charge is -2.10. The largest absolute Gasteiger partial charge is 0.326 e. The van der Waals surface area contributed by atoms with Gasteiger partial charge in [-0.15, -0.1) is 0 Å². The maximum absolute atomic E-state index is 12.3. The molecule has 22 heavy (non-hydrogen) atoms. The molecule has 0 heterocycles. The Balaban J connectivity index is 2.24. The third-order valence-electron chi connectivity index (χ3n) is 2.66. The van der Waals surface area contributed by atoms with E-state index < -0.39 is 10.0 Å². The summed E-state index contributed by atoms with van der Waals surface area (Å²) in [5.74, 6) is -0.227. The van der Waals surface area contributed by atoms with Crippen molar-refractivity contribution in [3.05, 3.63) is 52.0 Å². The summed E-state index contributed by atoms with van der Waals surface area (Å²) in [4.78, 5) is 11.0. The van der Waals surface area contributed by atoms with Crippen molar-refractivity contribution in [3.63, 3.8) is 0 Å². The monoisotopic (exact) mass is 402 g/mol. The summed E-state index contributed by atoms with van der Waals surface area (Å²) in [6, 6.07) is 10.7. The van der Waals surface area contributed by atoms with Gasteiger partial charge in [0.2, 0.25) is 5.91 Å². The van der Waals surface area contributed by atoms with Crippen LogP contribution >= 0.6 is 27.5 Å². The van der Waals surface area contributed by atoms with Crippen molar-refractivity contribution in [2.45, 2.75) is 11.8 Å². The molecule has 0 aliphatic heterocycles. The van der Waals surface area contributed by atoms with Crippen molar-refractivity contribution >= 4 is 54.8 Å². The molecule has 0 saturated heterocycles. The van der Waals surface area contributed by atoms with Crippen LogP contribution in [0, 0.1) is 0 Å². The fraction of sp³-hybridized carbons (Fsp3) is 0.0714. The number of sulfonamides is 1. The van der Waals surface area contributed by atoms with Crippen LogP contribution < -0.4 is 10.0 Å². The average molecular weight is 404 g/mol. The molecule has 0 fully saturated rings. The van der Waals surface area contributed by atoms with Gasteiger partial charge in [0.25, 0.3) is 10.0 Å². The molecule has 0 spiro atoms. The number of carbonyl (C=O) groups excluding carboxylic acids is 1. The number of anilines is 2. The lowest BCUT2D eigenvalue weighted by molar-refractivity contribution is -0.114. The molecule has 0 unspecified atom stereocenters. The summed E-state index contributed by atoms with van der Waals surface area (Å²) in [6.45, 7) is 1.38. The number of carbonyl (C=O) groups is 1. The van der Waals surface area contributed by atoms with Crippen molar-refractivity contribution in [2.75, 3.05) is 10.0 Å². The maximum atomic E-state index is 12.3. The van der Waals surface area contributed by atoms with Crippen molar-refractivity contribution in [1.82, 2.24) is 0 Å². The van der Waals surface area contributed by atoms with Gasteiger partial charge in [0.15, 0.2) is 0 Å². The van der Waals surface area contributed by atoms with Gasteiger partial charge in [0.1, 0.15) is 0 Å². The minimum Gasteiger partial charge on any atom is -0.326 e. The van der Waals surface area contributed by atoms with Gasteiger partial charge in [0, 0.05) is 17.1 Å². The number of halogens is 2. The highest BCUT2D eigenvalue weighted by Crippen LogP contribution is 2.28. The molecular formula is C14H12BrClN2O3S. The second-order valence-electron chi connectivity index (χ2n) is 4.44. The quantitative estimate of drug-likeness (QED) is 0.814. The Morgan fingerprint density at radius 1 is 1.14 bits per heavy atom. The van der Waals surface area contributed by atoms with Crippen LogP contribution in [0.3, 0.4) is 0 Å². The van der Waals surface area contributed by atoms with Gasteiger partial charge < -0.3 is 5.32 Å². The number of rotatable bonds is 4. The van der Waals surface area contributed by atoms with Crippen molar-refractivity contribution in [3.8, 4) is 0 Å². The molecule has 0 aromatic heterocycles. The molecule has 0 aliphatic rings. The van der Waals surface area contributed by atoms with Crippen molar-refractivity contribution < 1.29 is 13.2 Å². The Hall–Kier alpha value is -1.57. The molecule has 116 valence electrons. The van der Waals surface area contributed by atoms with E-state index in [0.29, 0.717) is 5.69 Å². The molecule has 0 aliphatic carbocycles. The van der Waals surface area contributed by atoms with Crippen molar-refractivity contribution in [2.24, 2.45) is 0 Å². The topological polar surface area (TPSA) is 75.3 Å². The van der Waals surface area contributed by atoms with E-state index in [1.54, 1.807) is 18.2 Å². The molecule has 0 saturated carbocycles. The number of amides is 1. The maximum Gasteiger partial charge on any atom is 0.261 e. The van der Waals surface area contributed by atoms with Crippen LogP contribution in [-0.4, -0.2) is 14.3 Å². The highest BCUT2D eigenvalue weighted by atomic mass is 79.9. The standard InChI is InChI=1S/C14H12BrClN2O3S/c1-9(19)17-11-3-5-12(6-4-11)22(20,21)18-14-7-2-10(15)8-13(14)16/h2-8,18H,1H3,(H,17,19). The molecule has 0 radical (unpaired) electrons. The van der Waals surface area contributed by atoms with E-state index in [1.807, 2.05) is 0 Å². The Labute approximate surface area is 141 Å². The number of benzene rings is 2. The first kappa shape index (κ1) is 16.8. The fourth-order valence-corrected chi connectivity index (χ4v) is 3.55. The van der Waals surface area contributed by atoms with Gasteiger partial charge in [-0.25, -0.2) is 8.42 Å². The van der Waals surface area contributed by atoms with Gasteiger partial charge in [0.05, 0.1) is 15.6 Å².